The van der Waals surface area contributed by atoms with Crippen LogP contribution in [0.4, 0.5) is 0 Å². The van der Waals surface area contributed by atoms with E-state index in [1.165, 1.54) is 12.8 Å². The van der Waals surface area contributed by atoms with Crippen LogP contribution in [0, 0.1) is 5.92 Å². The fourth-order valence-corrected chi connectivity index (χ4v) is 1.95. The molecule has 3 atom stereocenters. The highest BCUT2D eigenvalue weighted by Gasteiger charge is 2.42. The summed E-state index contributed by atoms with van der Waals surface area (Å²) in [6.07, 6.45) is 8.77. The Hall–Kier alpha value is -0.990. The van der Waals surface area contributed by atoms with Crippen molar-refractivity contribution in [2.75, 3.05) is 6.54 Å². The lowest BCUT2D eigenvalue weighted by Crippen LogP contribution is -2.11. The van der Waals surface area contributed by atoms with Crippen LogP contribution in [0.25, 0.3) is 10.4 Å². The summed E-state index contributed by atoms with van der Waals surface area (Å²) in [7, 11) is 0. The van der Waals surface area contributed by atoms with Gasteiger partial charge in [0.25, 0.3) is 0 Å². The zero-order valence-electron chi connectivity index (χ0n) is 7.47. The van der Waals surface area contributed by atoms with Crippen molar-refractivity contribution >= 4 is 0 Å². The zero-order valence-corrected chi connectivity index (χ0v) is 7.47. The molecule has 0 N–H and O–H groups in total. The Labute approximate surface area is 77.2 Å². The fourth-order valence-electron chi connectivity index (χ4n) is 1.95. The Bertz CT molecular complexity index is 258. The first-order valence-electron chi connectivity index (χ1n) is 4.73. The normalized spacial score (nSPS) is 36.8. The summed E-state index contributed by atoms with van der Waals surface area (Å²) in [5.41, 5.74) is 8.06. The minimum Gasteiger partial charge on any atom is -0.370 e. The molecule has 2 aliphatic rings. The summed E-state index contributed by atoms with van der Waals surface area (Å²) in [5, 5.41) is 3.45. The van der Waals surface area contributed by atoms with Crippen molar-refractivity contribution in [2.24, 2.45) is 11.0 Å². The fraction of sp³-hybridized carbons (Fsp3) is 0.778. The summed E-state index contributed by atoms with van der Waals surface area (Å²) < 4.78 is 5.42. The molecule has 3 unspecified atom stereocenters. The van der Waals surface area contributed by atoms with Gasteiger partial charge in [0.1, 0.15) is 0 Å². The van der Waals surface area contributed by atoms with Crippen LogP contribution in [-0.4, -0.2) is 18.8 Å². The number of fused-ring (bicyclic) bond motifs is 1. The molecule has 0 radical (unpaired) electrons. The highest BCUT2D eigenvalue weighted by atomic mass is 16.6. The predicted octanol–water partition coefficient (Wildman–Crippen LogP) is 2.42. The molecule has 0 aromatic rings. The van der Waals surface area contributed by atoms with E-state index in [2.05, 4.69) is 16.1 Å². The first kappa shape index (κ1) is 8.60. The molecule has 70 valence electrons. The number of allylic oxidation sites excluding steroid dienone is 1. The molecule has 0 amide bonds. The second kappa shape index (κ2) is 3.81. The van der Waals surface area contributed by atoms with Gasteiger partial charge in [0.15, 0.2) is 0 Å². The lowest BCUT2D eigenvalue weighted by atomic mass is 9.89. The Morgan fingerprint density at radius 2 is 2.38 bits per heavy atom. The molecular formula is C9H13N3O. The predicted molar refractivity (Wildman–Crippen MR) is 49.2 cm³/mol. The Morgan fingerprint density at radius 3 is 3.15 bits per heavy atom. The number of hydrogen-bond donors (Lipinski definition) is 0. The van der Waals surface area contributed by atoms with Gasteiger partial charge >= 0.3 is 0 Å². The van der Waals surface area contributed by atoms with E-state index >= 15 is 0 Å². The molecule has 0 spiro atoms. The molecular weight excluding hydrogens is 166 g/mol. The molecule has 1 saturated heterocycles. The molecule has 1 aliphatic carbocycles. The van der Waals surface area contributed by atoms with Crippen molar-refractivity contribution in [3.63, 3.8) is 0 Å². The van der Waals surface area contributed by atoms with Crippen LogP contribution in [0.3, 0.4) is 0 Å². The maximum absolute atomic E-state index is 8.06. The summed E-state index contributed by atoms with van der Waals surface area (Å²) in [5.74, 6) is 0.637. The quantitative estimate of drug-likeness (QED) is 0.216. The molecule has 0 aromatic carbocycles. The topological polar surface area (TPSA) is 61.3 Å². The van der Waals surface area contributed by atoms with Gasteiger partial charge in [-0.3, -0.25) is 0 Å². The maximum atomic E-state index is 8.06. The van der Waals surface area contributed by atoms with Crippen LogP contribution in [0.2, 0.25) is 0 Å². The van der Waals surface area contributed by atoms with Crippen molar-refractivity contribution in [3.05, 3.63) is 22.6 Å². The van der Waals surface area contributed by atoms with Gasteiger partial charge in [-0.15, -0.1) is 0 Å². The Kier molecular flexibility index (Phi) is 2.52. The molecule has 0 aromatic heterocycles. The highest BCUT2D eigenvalue weighted by molar-refractivity contribution is 4.99. The lowest BCUT2D eigenvalue weighted by molar-refractivity contribution is 0.370. The van der Waals surface area contributed by atoms with Crippen LogP contribution in [-0.2, 0) is 4.74 Å². The van der Waals surface area contributed by atoms with E-state index in [0.717, 1.165) is 6.42 Å². The third-order valence-electron chi connectivity index (χ3n) is 2.70. The second-order valence-electron chi connectivity index (χ2n) is 3.63. The summed E-state index contributed by atoms with van der Waals surface area (Å²) in [6, 6.07) is 0. The molecule has 1 saturated carbocycles. The van der Waals surface area contributed by atoms with Crippen molar-refractivity contribution < 1.29 is 4.74 Å². The van der Waals surface area contributed by atoms with Crippen molar-refractivity contribution in [1.29, 1.82) is 0 Å². The first-order valence-corrected chi connectivity index (χ1v) is 4.73. The number of rotatable bonds is 3. The number of hydrogen-bond acceptors (Lipinski definition) is 2. The van der Waals surface area contributed by atoms with Crippen LogP contribution in [0.5, 0.6) is 0 Å². The second-order valence-corrected chi connectivity index (χ2v) is 3.63. The molecule has 1 aliphatic heterocycles. The van der Waals surface area contributed by atoms with E-state index in [1.807, 2.05) is 6.08 Å². The van der Waals surface area contributed by atoms with Gasteiger partial charge in [-0.25, -0.2) is 0 Å². The number of nitrogens with zero attached hydrogens (tertiary/aromatic N) is 3. The SMILES string of the molecule is [N-]=[N+]=NC/C=C\C1CCC2OC2C1. The van der Waals surface area contributed by atoms with Gasteiger partial charge in [-0.2, -0.15) is 0 Å². The van der Waals surface area contributed by atoms with Gasteiger partial charge in [0.2, 0.25) is 0 Å². The van der Waals surface area contributed by atoms with Crippen LogP contribution in [0.1, 0.15) is 19.3 Å². The molecule has 13 heavy (non-hydrogen) atoms. The number of ether oxygens (including phenoxy) is 1. The Morgan fingerprint density at radius 1 is 1.46 bits per heavy atom. The van der Waals surface area contributed by atoms with Gasteiger partial charge in [-0.1, -0.05) is 17.3 Å². The molecule has 4 nitrogen and oxygen atoms in total. The molecule has 2 rings (SSSR count). The maximum Gasteiger partial charge on any atom is 0.0847 e. The van der Waals surface area contributed by atoms with E-state index in [9.17, 15) is 0 Å². The molecule has 2 fully saturated rings. The highest BCUT2D eigenvalue weighted by Crippen LogP contribution is 2.39. The van der Waals surface area contributed by atoms with E-state index in [4.69, 9.17) is 10.3 Å². The van der Waals surface area contributed by atoms with Crippen molar-refractivity contribution in [3.8, 4) is 0 Å². The van der Waals surface area contributed by atoms with Gasteiger partial charge < -0.3 is 4.74 Å². The van der Waals surface area contributed by atoms with E-state index in [-0.39, 0.29) is 0 Å². The van der Waals surface area contributed by atoms with E-state index < -0.39 is 0 Å². The van der Waals surface area contributed by atoms with Gasteiger partial charge in [0, 0.05) is 11.5 Å². The number of epoxide rings is 1. The average Bonchev–Trinajstić information content (AvgIpc) is 2.90. The molecule has 0 bridgehead atoms. The first-order chi connectivity index (χ1) is 6.40. The number of azide groups is 1. The third kappa shape index (κ3) is 2.23. The molecule has 4 heteroatoms. The summed E-state index contributed by atoms with van der Waals surface area (Å²) in [6.45, 7) is 0.474. The standard InChI is InChI=1S/C9H13N3O/c10-12-11-5-1-2-7-3-4-8-9(6-7)13-8/h1-2,7-9H,3-6H2/b2-1-. The van der Waals surface area contributed by atoms with Crippen LogP contribution in [0.15, 0.2) is 17.3 Å². The van der Waals surface area contributed by atoms with Gasteiger partial charge in [0.05, 0.1) is 12.2 Å². The van der Waals surface area contributed by atoms with E-state index in [0.29, 0.717) is 24.7 Å². The average molecular weight is 179 g/mol. The van der Waals surface area contributed by atoms with Crippen LogP contribution < -0.4 is 0 Å². The minimum atomic E-state index is 0.474. The summed E-state index contributed by atoms with van der Waals surface area (Å²) in [4.78, 5) is 2.69. The van der Waals surface area contributed by atoms with Crippen molar-refractivity contribution in [1.82, 2.24) is 0 Å². The van der Waals surface area contributed by atoms with E-state index in [1.54, 1.807) is 0 Å². The third-order valence-corrected chi connectivity index (χ3v) is 2.70. The van der Waals surface area contributed by atoms with Crippen LogP contribution >= 0.6 is 0 Å². The minimum absolute atomic E-state index is 0.474. The Balaban J connectivity index is 1.74. The lowest BCUT2D eigenvalue weighted by Gasteiger charge is -2.13. The largest absolute Gasteiger partial charge is 0.370 e. The smallest absolute Gasteiger partial charge is 0.0847 e. The van der Waals surface area contributed by atoms with Gasteiger partial charge in [-0.05, 0) is 30.7 Å². The summed E-state index contributed by atoms with van der Waals surface area (Å²) >= 11 is 0. The monoisotopic (exact) mass is 179 g/mol. The van der Waals surface area contributed by atoms with Crippen molar-refractivity contribution in [2.45, 2.75) is 31.5 Å². The molecule has 1 heterocycles. The zero-order chi connectivity index (χ0) is 9.10.